The van der Waals surface area contributed by atoms with Gasteiger partial charge >= 0.3 is 0 Å². The highest BCUT2D eigenvalue weighted by molar-refractivity contribution is 5.13. The standard InChI is InChI=1S/C10H14O/c1-2-6-10(11)9-7-4-3-5-8-9/h2-7,9-11H,8H2,1H3/b6-2-. The molecule has 0 aliphatic heterocycles. The fraction of sp³-hybridized carbons (Fsp3) is 0.400. The molecule has 1 aliphatic rings. The Bertz CT molecular complexity index is 189. The number of aliphatic hydroxyl groups is 1. The summed E-state index contributed by atoms with van der Waals surface area (Å²) in [5, 5.41) is 9.50. The first-order valence-corrected chi connectivity index (χ1v) is 3.99. The highest BCUT2D eigenvalue weighted by Gasteiger charge is 2.12. The first-order chi connectivity index (χ1) is 5.34. The maximum absolute atomic E-state index is 9.50. The van der Waals surface area contributed by atoms with Gasteiger partial charge in [0.05, 0.1) is 6.10 Å². The highest BCUT2D eigenvalue weighted by Crippen LogP contribution is 2.16. The largest absolute Gasteiger partial charge is 0.388 e. The van der Waals surface area contributed by atoms with Crippen molar-refractivity contribution in [1.29, 1.82) is 0 Å². The Morgan fingerprint density at radius 1 is 1.55 bits per heavy atom. The Morgan fingerprint density at radius 3 is 2.91 bits per heavy atom. The van der Waals surface area contributed by atoms with Crippen molar-refractivity contribution in [1.82, 2.24) is 0 Å². The van der Waals surface area contributed by atoms with Gasteiger partial charge in [-0.3, -0.25) is 0 Å². The van der Waals surface area contributed by atoms with Gasteiger partial charge in [0.1, 0.15) is 0 Å². The number of allylic oxidation sites excluding steroid dienone is 4. The van der Waals surface area contributed by atoms with Gasteiger partial charge in [0.25, 0.3) is 0 Å². The molecule has 1 rings (SSSR count). The van der Waals surface area contributed by atoms with Crippen LogP contribution in [0.5, 0.6) is 0 Å². The minimum atomic E-state index is -0.318. The maximum atomic E-state index is 9.50. The van der Waals surface area contributed by atoms with Gasteiger partial charge in [-0.1, -0.05) is 36.5 Å². The molecule has 0 radical (unpaired) electrons. The second kappa shape index (κ2) is 4.14. The van der Waals surface area contributed by atoms with Crippen LogP contribution in [0.2, 0.25) is 0 Å². The molecule has 1 aliphatic carbocycles. The zero-order valence-electron chi connectivity index (χ0n) is 6.77. The van der Waals surface area contributed by atoms with E-state index in [0.29, 0.717) is 0 Å². The average molecular weight is 150 g/mol. The maximum Gasteiger partial charge on any atom is 0.0786 e. The molecule has 2 unspecified atom stereocenters. The predicted molar refractivity (Wildman–Crippen MR) is 47.2 cm³/mol. The van der Waals surface area contributed by atoms with Crippen LogP contribution in [0.1, 0.15) is 13.3 Å². The van der Waals surface area contributed by atoms with Crippen LogP contribution in [-0.4, -0.2) is 11.2 Å². The molecule has 0 fully saturated rings. The molecule has 1 heteroatoms. The van der Waals surface area contributed by atoms with Gasteiger partial charge in [0, 0.05) is 5.92 Å². The zero-order chi connectivity index (χ0) is 8.10. The lowest BCUT2D eigenvalue weighted by atomic mass is 9.95. The van der Waals surface area contributed by atoms with Crippen LogP contribution in [0.3, 0.4) is 0 Å². The van der Waals surface area contributed by atoms with E-state index in [0.717, 1.165) is 6.42 Å². The summed E-state index contributed by atoms with van der Waals surface area (Å²) in [5.41, 5.74) is 0. The van der Waals surface area contributed by atoms with E-state index in [4.69, 9.17) is 0 Å². The van der Waals surface area contributed by atoms with Crippen molar-refractivity contribution in [3.8, 4) is 0 Å². The molecule has 0 amide bonds. The summed E-state index contributed by atoms with van der Waals surface area (Å²) in [6.45, 7) is 1.92. The van der Waals surface area contributed by atoms with E-state index in [1.54, 1.807) is 0 Å². The van der Waals surface area contributed by atoms with E-state index in [1.165, 1.54) is 0 Å². The zero-order valence-corrected chi connectivity index (χ0v) is 6.77. The van der Waals surface area contributed by atoms with Crippen LogP contribution in [0.15, 0.2) is 36.5 Å². The molecule has 60 valence electrons. The van der Waals surface area contributed by atoms with Crippen LogP contribution in [0, 0.1) is 5.92 Å². The van der Waals surface area contributed by atoms with Crippen LogP contribution < -0.4 is 0 Å². The molecule has 2 atom stereocenters. The van der Waals surface area contributed by atoms with Gasteiger partial charge in [-0.05, 0) is 13.3 Å². The summed E-state index contributed by atoms with van der Waals surface area (Å²) in [5.74, 6) is 0.274. The Hall–Kier alpha value is -0.820. The van der Waals surface area contributed by atoms with E-state index >= 15 is 0 Å². The third-order valence-corrected chi connectivity index (χ3v) is 1.84. The lowest BCUT2D eigenvalue weighted by Crippen LogP contribution is -2.15. The van der Waals surface area contributed by atoms with Gasteiger partial charge in [-0.25, -0.2) is 0 Å². The smallest absolute Gasteiger partial charge is 0.0786 e. The molecular formula is C10H14O. The third kappa shape index (κ3) is 2.35. The molecule has 0 saturated carbocycles. The molecule has 0 aromatic rings. The normalized spacial score (nSPS) is 26.2. The number of rotatable bonds is 2. The summed E-state index contributed by atoms with van der Waals surface area (Å²) in [6.07, 6.45) is 12.5. The molecule has 0 saturated heterocycles. The summed E-state index contributed by atoms with van der Waals surface area (Å²) in [6, 6.07) is 0. The molecule has 1 nitrogen and oxygen atoms in total. The second-order valence-corrected chi connectivity index (χ2v) is 2.73. The van der Waals surface area contributed by atoms with Crippen molar-refractivity contribution in [3.63, 3.8) is 0 Å². The molecule has 0 heterocycles. The quantitative estimate of drug-likeness (QED) is 0.597. The van der Waals surface area contributed by atoms with Crippen molar-refractivity contribution >= 4 is 0 Å². The molecule has 1 N–H and O–H groups in total. The minimum Gasteiger partial charge on any atom is -0.388 e. The van der Waals surface area contributed by atoms with Crippen molar-refractivity contribution in [2.45, 2.75) is 19.4 Å². The van der Waals surface area contributed by atoms with E-state index in [1.807, 2.05) is 37.3 Å². The fourth-order valence-corrected chi connectivity index (χ4v) is 1.19. The lowest BCUT2D eigenvalue weighted by molar-refractivity contribution is 0.177. The topological polar surface area (TPSA) is 20.2 Å². The summed E-state index contributed by atoms with van der Waals surface area (Å²) >= 11 is 0. The van der Waals surface area contributed by atoms with Crippen LogP contribution >= 0.6 is 0 Å². The second-order valence-electron chi connectivity index (χ2n) is 2.73. The van der Waals surface area contributed by atoms with Gasteiger partial charge in [0.2, 0.25) is 0 Å². The molecule has 11 heavy (non-hydrogen) atoms. The Morgan fingerprint density at radius 2 is 2.36 bits per heavy atom. The van der Waals surface area contributed by atoms with Crippen molar-refractivity contribution in [2.75, 3.05) is 0 Å². The van der Waals surface area contributed by atoms with Crippen molar-refractivity contribution in [2.24, 2.45) is 5.92 Å². The lowest BCUT2D eigenvalue weighted by Gasteiger charge is -2.16. The molecule has 0 aromatic carbocycles. The number of hydrogen-bond acceptors (Lipinski definition) is 1. The van der Waals surface area contributed by atoms with Crippen molar-refractivity contribution in [3.05, 3.63) is 36.5 Å². The number of aliphatic hydroxyl groups excluding tert-OH is 1. The molecular weight excluding hydrogens is 136 g/mol. The summed E-state index contributed by atoms with van der Waals surface area (Å²) in [7, 11) is 0. The van der Waals surface area contributed by atoms with Crippen LogP contribution in [0.4, 0.5) is 0 Å². The summed E-state index contributed by atoms with van der Waals surface area (Å²) in [4.78, 5) is 0. The predicted octanol–water partition coefficient (Wildman–Crippen LogP) is 2.06. The highest BCUT2D eigenvalue weighted by atomic mass is 16.3. The van der Waals surface area contributed by atoms with E-state index in [9.17, 15) is 5.11 Å². The minimum absolute atomic E-state index is 0.274. The Labute approximate surface area is 67.7 Å². The van der Waals surface area contributed by atoms with E-state index in [2.05, 4.69) is 6.08 Å². The number of hydrogen-bond donors (Lipinski definition) is 1. The van der Waals surface area contributed by atoms with Crippen molar-refractivity contribution < 1.29 is 5.11 Å². The Balaban J connectivity index is 2.48. The van der Waals surface area contributed by atoms with Gasteiger partial charge in [0.15, 0.2) is 0 Å². The van der Waals surface area contributed by atoms with E-state index < -0.39 is 0 Å². The molecule has 0 aromatic heterocycles. The van der Waals surface area contributed by atoms with Crippen LogP contribution in [0.25, 0.3) is 0 Å². The molecule has 0 spiro atoms. The Kier molecular flexibility index (Phi) is 3.12. The average Bonchev–Trinajstić information content (AvgIpc) is 2.07. The van der Waals surface area contributed by atoms with Gasteiger partial charge in [-0.2, -0.15) is 0 Å². The SMILES string of the molecule is C/C=C\C(O)C1C=CC=CC1. The van der Waals surface area contributed by atoms with E-state index in [-0.39, 0.29) is 12.0 Å². The first-order valence-electron chi connectivity index (χ1n) is 3.99. The van der Waals surface area contributed by atoms with Gasteiger partial charge < -0.3 is 5.11 Å². The fourth-order valence-electron chi connectivity index (χ4n) is 1.19. The molecule has 0 bridgehead atoms. The first kappa shape index (κ1) is 8.28. The monoisotopic (exact) mass is 150 g/mol. The van der Waals surface area contributed by atoms with Crippen LogP contribution in [-0.2, 0) is 0 Å². The van der Waals surface area contributed by atoms with Gasteiger partial charge in [-0.15, -0.1) is 0 Å². The summed E-state index contributed by atoms with van der Waals surface area (Å²) < 4.78 is 0. The third-order valence-electron chi connectivity index (χ3n) is 1.84.